The fraction of sp³-hybridized carbons (Fsp3) is 0.600. The molecule has 90 valence electrons. The van der Waals surface area contributed by atoms with Crippen molar-refractivity contribution in [3.63, 3.8) is 0 Å². The minimum atomic E-state index is 0.297. The lowest BCUT2D eigenvalue weighted by Gasteiger charge is -2.18. The molecule has 1 heteroatoms. The minimum Gasteiger partial charge on any atom is -0.396 e. The van der Waals surface area contributed by atoms with Crippen molar-refractivity contribution in [3.05, 3.63) is 35.4 Å². The van der Waals surface area contributed by atoms with E-state index in [9.17, 15) is 0 Å². The Kier molecular flexibility index (Phi) is 6.17. The molecule has 1 rings (SSSR count). The van der Waals surface area contributed by atoms with E-state index in [1.54, 1.807) is 0 Å². The summed E-state index contributed by atoms with van der Waals surface area (Å²) in [4.78, 5) is 0. The minimum absolute atomic E-state index is 0.297. The molecule has 0 aliphatic heterocycles. The van der Waals surface area contributed by atoms with Gasteiger partial charge in [-0.05, 0) is 36.8 Å². The van der Waals surface area contributed by atoms with Gasteiger partial charge in [-0.25, -0.2) is 0 Å². The van der Waals surface area contributed by atoms with E-state index in [1.807, 2.05) is 0 Å². The van der Waals surface area contributed by atoms with Crippen molar-refractivity contribution in [1.29, 1.82) is 0 Å². The molecule has 0 aliphatic carbocycles. The third-order valence-electron chi connectivity index (χ3n) is 3.26. The van der Waals surface area contributed by atoms with Crippen LogP contribution in [0, 0.1) is 6.92 Å². The van der Waals surface area contributed by atoms with Crippen molar-refractivity contribution in [2.24, 2.45) is 0 Å². The maximum absolute atomic E-state index is 9.15. The number of benzene rings is 1. The Labute approximate surface area is 99.5 Å². The first-order valence-electron chi connectivity index (χ1n) is 6.46. The van der Waals surface area contributed by atoms with Crippen LogP contribution < -0.4 is 0 Å². The van der Waals surface area contributed by atoms with Crippen LogP contribution in [-0.4, -0.2) is 11.7 Å². The monoisotopic (exact) mass is 220 g/mol. The molecule has 1 atom stereocenters. The Morgan fingerprint density at radius 1 is 1.12 bits per heavy atom. The fourth-order valence-corrected chi connectivity index (χ4v) is 2.30. The van der Waals surface area contributed by atoms with Crippen LogP contribution in [0.15, 0.2) is 24.3 Å². The second-order valence-electron chi connectivity index (χ2n) is 4.56. The van der Waals surface area contributed by atoms with E-state index in [2.05, 4.69) is 38.1 Å². The highest BCUT2D eigenvalue weighted by molar-refractivity contribution is 5.29. The molecule has 0 saturated heterocycles. The molecule has 0 bridgehead atoms. The van der Waals surface area contributed by atoms with E-state index in [4.69, 9.17) is 5.11 Å². The molecule has 0 radical (unpaired) electrons. The Bertz CT molecular complexity index is 293. The zero-order valence-corrected chi connectivity index (χ0v) is 10.6. The van der Waals surface area contributed by atoms with E-state index in [0.717, 1.165) is 6.42 Å². The van der Waals surface area contributed by atoms with Gasteiger partial charge >= 0.3 is 0 Å². The van der Waals surface area contributed by atoms with Crippen molar-refractivity contribution in [3.8, 4) is 0 Å². The molecular formula is C15H24O. The molecule has 1 N–H and O–H groups in total. The molecule has 0 aromatic heterocycles. The summed E-state index contributed by atoms with van der Waals surface area (Å²) in [5.41, 5.74) is 2.78. The summed E-state index contributed by atoms with van der Waals surface area (Å²) in [6, 6.07) is 8.56. The van der Waals surface area contributed by atoms with E-state index in [0.29, 0.717) is 12.5 Å². The van der Waals surface area contributed by atoms with E-state index < -0.39 is 0 Å². The Hall–Kier alpha value is -0.820. The summed E-state index contributed by atoms with van der Waals surface area (Å²) in [6.45, 7) is 4.69. The van der Waals surface area contributed by atoms with Crippen LogP contribution in [0.4, 0.5) is 0 Å². The number of rotatable bonds is 7. The molecule has 1 nitrogen and oxygen atoms in total. The lowest BCUT2D eigenvalue weighted by Crippen LogP contribution is -2.03. The number of unbranched alkanes of at least 4 members (excludes halogenated alkanes) is 2. The summed E-state index contributed by atoms with van der Waals surface area (Å²) in [6.07, 6.45) is 5.94. The zero-order chi connectivity index (χ0) is 11.8. The predicted octanol–water partition coefficient (Wildman–Crippen LogP) is 4.04. The van der Waals surface area contributed by atoms with Gasteiger partial charge in [-0.15, -0.1) is 0 Å². The lowest BCUT2D eigenvalue weighted by molar-refractivity contribution is 0.271. The van der Waals surface area contributed by atoms with Crippen LogP contribution in [0.3, 0.4) is 0 Å². The maximum atomic E-state index is 9.15. The second kappa shape index (κ2) is 7.45. The average Bonchev–Trinajstić information content (AvgIpc) is 2.29. The largest absolute Gasteiger partial charge is 0.396 e. The molecule has 0 saturated carbocycles. The fourth-order valence-electron chi connectivity index (χ4n) is 2.30. The van der Waals surface area contributed by atoms with Crippen molar-refractivity contribution >= 4 is 0 Å². The first-order valence-corrected chi connectivity index (χ1v) is 6.46. The van der Waals surface area contributed by atoms with Gasteiger partial charge in [-0.1, -0.05) is 50.5 Å². The van der Waals surface area contributed by atoms with E-state index >= 15 is 0 Å². The summed E-state index contributed by atoms with van der Waals surface area (Å²) in [7, 11) is 0. The van der Waals surface area contributed by atoms with Crippen LogP contribution in [0.2, 0.25) is 0 Å². The number of aliphatic hydroxyl groups is 1. The van der Waals surface area contributed by atoms with Crippen LogP contribution in [0.1, 0.15) is 56.1 Å². The Morgan fingerprint density at radius 2 is 1.88 bits per heavy atom. The summed E-state index contributed by atoms with van der Waals surface area (Å²) in [5, 5.41) is 9.15. The highest BCUT2D eigenvalue weighted by atomic mass is 16.3. The van der Waals surface area contributed by atoms with Crippen LogP contribution in [0.5, 0.6) is 0 Å². The van der Waals surface area contributed by atoms with Gasteiger partial charge in [0.15, 0.2) is 0 Å². The van der Waals surface area contributed by atoms with Gasteiger partial charge in [-0.3, -0.25) is 0 Å². The highest BCUT2D eigenvalue weighted by Gasteiger charge is 2.12. The van der Waals surface area contributed by atoms with Crippen LogP contribution in [0.25, 0.3) is 0 Å². The highest BCUT2D eigenvalue weighted by Crippen LogP contribution is 2.28. The van der Waals surface area contributed by atoms with Gasteiger partial charge in [0.2, 0.25) is 0 Å². The smallest absolute Gasteiger partial charge is 0.0436 e. The first kappa shape index (κ1) is 13.2. The first-order chi connectivity index (χ1) is 7.79. The number of hydrogen-bond donors (Lipinski definition) is 1. The molecule has 0 heterocycles. The van der Waals surface area contributed by atoms with Crippen molar-refractivity contribution < 1.29 is 5.11 Å². The molecular weight excluding hydrogens is 196 g/mol. The molecule has 0 amide bonds. The molecule has 1 unspecified atom stereocenters. The van der Waals surface area contributed by atoms with E-state index in [1.165, 1.54) is 36.8 Å². The average molecular weight is 220 g/mol. The van der Waals surface area contributed by atoms with Crippen LogP contribution >= 0.6 is 0 Å². The summed E-state index contributed by atoms with van der Waals surface area (Å²) in [5.74, 6) is 0.540. The van der Waals surface area contributed by atoms with Gasteiger partial charge in [0, 0.05) is 6.61 Å². The summed E-state index contributed by atoms with van der Waals surface area (Å²) < 4.78 is 0. The van der Waals surface area contributed by atoms with Gasteiger partial charge in [-0.2, -0.15) is 0 Å². The second-order valence-corrected chi connectivity index (χ2v) is 4.56. The molecule has 0 fully saturated rings. The third-order valence-corrected chi connectivity index (χ3v) is 3.26. The maximum Gasteiger partial charge on any atom is 0.0436 e. The molecule has 1 aromatic rings. The SMILES string of the molecule is CCCCCC(CCO)c1ccccc1C. The zero-order valence-electron chi connectivity index (χ0n) is 10.6. The van der Waals surface area contributed by atoms with Crippen molar-refractivity contribution in [2.75, 3.05) is 6.61 Å². The molecule has 0 spiro atoms. The van der Waals surface area contributed by atoms with Gasteiger partial charge in [0.25, 0.3) is 0 Å². The lowest BCUT2D eigenvalue weighted by atomic mass is 9.88. The van der Waals surface area contributed by atoms with Crippen LogP contribution in [-0.2, 0) is 0 Å². The van der Waals surface area contributed by atoms with Gasteiger partial charge < -0.3 is 5.11 Å². The van der Waals surface area contributed by atoms with Gasteiger partial charge in [0.1, 0.15) is 0 Å². The Balaban J connectivity index is 2.65. The molecule has 16 heavy (non-hydrogen) atoms. The molecule has 0 aliphatic rings. The number of aryl methyl sites for hydroxylation is 1. The van der Waals surface area contributed by atoms with Crippen molar-refractivity contribution in [2.45, 2.75) is 51.9 Å². The number of aliphatic hydroxyl groups excluding tert-OH is 1. The van der Waals surface area contributed by atoms with Crippen molar-refractivity contribution in [1.82, 2.24) is 0 Å². The summed E-state index contributed by atoms with van der Waals surface area (Å²) >= 11 is 0. The quantitative estimate of drug-likeness (QED) is 0.687. The van der Waals surface area contributed by atoms with Gasteiger partial charge in [0.05, 0.1) is 0 Å². The normalized spacial score (nSPS) is 12.7. The molecule has 1 aromatic carbocycles. The topological polar surface area (TPSA) is 20.2 Å². The Morgan fingerprint density at radius 3 is 2.50 bits per heavy atom. The number of hydrogen-bond acceptors (Lipinski definition) is 1. The third kappa shape index (κ3) is 3.97. The van der Waals surface area contributed by atoms with E-state index in [-0.39, 0.29) is 0 Å². The standard InChI is InChI=1S/C15H24O/c1-3-4-5-9-14(11-12-16)15-10-7-6-8-13(15)2/h6-8,10,14,16H,3-5,9,11-12H2,1-2H3. The predicted molar refractivity (Wildman–Crippen MR) is 69.8 cm³/mol.